The van der Waals surface area contributed by atoms with Gasteiger partial charge in [-0.25, -0.2) is 4.39 Å². The Morgan fingerprint density at radius 3 is 2.71 bits per heavy atom. The van der Waals surface area contributed by atoms with Crippen LogP contribution in [0.25, 0.3) is 0 Å². The number of rotatable bonds is 4. The van der Waals surface area contributed by atoms with Crippen molar-refractivity contribution in [1.29, 1.82) is 0 Å². The van der Waals surface area contributed by atoms with Crippen LogP contribution in [-0.2, 0) is 6.42 Å². The average molecular weight is 215 g/mol. The van der Waals surface area contributed by atoms with E-state index < -0.39 is 0 Å². The Morgan fingerprint density at radius 2 is 2.14 bits per heavy atom. The topological polar surface area (TPSA) is 0 Å². The molecule has 0 spiro atoms. The number of benzene rings is 1. The van der Waals surface area contributed by atoms with Crippen LogP contribution in [0.2, 0.25) is 5.02 Å². The monoisotopic (exact) mass is 214 g/mol. The summed E-state index contributed by atoms with van der Waals surface area (Å²) in [7, 11) is 0. The molecule has 1 aromatic carbocycles. The molecular formula is C12H16ClF. The van der Waals surface area contributed by atoms with Gasteiger partial charge in [-0.2, -0.15) is 0 Å². The molecule has 1 unspecified atom stereocenters. The first-order chi connectivity index (χ1) is 6.63. The fourth-order valence-corrected chi connectivity index (χ4v) is 1.90. The van der Waals surface area contributed by atoms with Crippen molar-refractivity contribution in [2.75, 3.05) is 0 Å². The van der Waals surface area contributed by atoms with Crippen LogP contribution in [0.1, 0.15) is 32.3 Å². The lowest BCUT2D eigenvalue weighted by Gasteiger charge is -2.11. The van der Waals surface area contributed by atoms with Gasteiger partial charge in [0, 0.05) is 5.02 Å². The van der Waals surface area contributed by atoms with Crippen LogP contribution < -0.4 is 0 Å². The van der Waals surface area contributed by atoms with Gasteiger partial charge in [0.25, 0.3) is 0 Å². The van der Waals surface area contributed by atoms with Crippen LogP contribution >= 0.6 is 11.6 Å². The highest BCUT2D eigenvalue weighted by atomic mass is 35.5. The molecule has 14 heavy (non-hydrogen) atoms. The summed E-state index contributed by atoms with van der Waals surface area (Å²) in [4.78, 5) is 0. The van der Waals surface area contributed by atoms with Crippen molar-refractivity contribution >= 4 is 11.6 Å². The van der Waals surface area contributed by atoms with E-state index in [1.54, 1.807) is 6.07 Å². The second-order valence-corrected chi connectivity index (χ2v) is 4.24. The molecule has 0 aromatic heterocycles. The van der Waals surface area contributed by atoms with E-state index in [1.807, 2.05) is 0 Å². The van der Waals surface area contributed by atoms with Crippen LogP contribution in [0.5, 0.6) is 0 Å². The zero-order chi connectivity index (χ0) is 10.6. The van der Waals surface area contributed by atoms with Crippen molar-refractivity contribution in [3.63, 3.8) is 0 Å². The summed E-state index contributed by atoms with van der Waals surface area (Å²) in [5, 5.41) is 0.549. The van der Waals surface area contributed by atoms with E-state index in [4.69, 9.17) is 11.6 Å². The van der Waals surface area contributed by atoms with E-state index in [-0.39, 0.29) is 5.82 Å². The largest absolute Gasteiger partial charge is 0.207 e. The van der Waals surface area contributed by atoms with E-state index in [2.05, 4.69) is 13.8 Å². The molecule has 0 radical (unpaired) electrons. The maximum atomic E-state index is 12.7. The van der Waals surface area contributed by atoms with Crippen molar-refractivity contribution in [1.82, 2.24) is 0 Å². The van der Waals surface area contributed by atoms with Crippen LogP contribution in [0.4, 0.5) is 4.39 Å². The van der Waals surface area contributed by atoms with E-state index in [0.29, 0.717) is 10.9 Å². The molecule has 1 atom stereocenters. The Labute approximate surface area is 90.1 Å². The highest BCUT2D eigenvalue weighted by Gasteiger charge is 2.06. The van der Waals surface area contributed by atoms with Crippen molar-refractivity contribution in [3.05, 3.63) is 34.6 Å². The third-order valence-electron chi connectivity index (χ3n) is 2.36. The summed E-state index contributed by atoms with van der Waals surface area (Å²) in [6.45, 7) is 4.37. The first-order valence-corrected chi connectivity index (χ1v) is 5.45. The van der Waals surface area contributed by atoms with Crippen LogP contribution in [0, 0.1) is 11.7 Å². The summed E-state index contributed by atoms with van der Waals surface area (Å²) in [5.41, 5.74) is 1.05. The lowest BCUT2D eigenvalue weighted by Crippen LogP contribution is -1.99. The number of hydrogen-bond acceptors (Lipinski definition) is 0. The minimum absolute atomic E-state index is 0.262. The Kier molecular flexibility index (Phi) is 4.40. The van der Waals surface area contributed by atoms with Crippen LogP contribution in [-0.4, -0.2) is 0 Å². The Balaban J connectivity index is 2.67. The lowest BCUT2D eigenvalue weighted by molar-refractivity contribution is 0.522. The third-order valence-corrected chi connectivity index (χ3v) is 2.72. The SMILES string of the molecule is CCCC(C)Cc1ccc(F)cc1Cl. The molecule has 0 N–H and O–H groups in total. The standard InChI is InChI=1S/C12H16ClF/c1-3-4-9(2)7-10-5-6-11(14)8-12(10)13/h5-6,8-9H,3-4,7H2,1-2H3. The quantitative estimate of drug-likeness (QED) is 0.694. The number of hydrogen-bond donors (Lipinski definition) is 0. The predicted molar refractivity (Wildman–Crippen MR) is 59.2 cm³/mol. The fraction of sp³-hybridized carbons (Fsp3) is 0.500. The fourth-order valence-electron chi connectivity index (χ4n) is 1.66. The molecule has 0 aliphatic rings. The molecule has 0 aliphatic heterocycles. The minimum atomic E-state index is -0.262. The molecule has 0 saturated heterocycles. The maximum Gasteiger partial charge on any atom is 0.124 e. The Bertz CT molecular complexity index is 296. The van der Waals surface area contributed by atoms with Gasteiger partial charge in [0.15, 0.2) is 0 Å². The lowest BCUT2D eigenvalue weighted by atomic mass is 9.97. The number of halogens is 2. The predicted octanol–water partition coefficient (Wildman–Crippen LogP) is 4.46. The summed E-state index contributed by atoms with van der Waals surface area (Å²) in [6, 6.07) is 4.64. The smallest absolute Gasteiger partial charge is 0.124 e. The molecule has 2 heteroatoms. The molecule has 0 heterocycles. The van der Waals surface area contributed by atoms with Gasteiger partial charge in [-0.15, -0.1) is 0 Å². The second kappa shape index (κ2) is 5.35. The van der Waals surface area contributed by atoms with Crippen LogP contribution in [0.3, 0.4) is 0 Å². The van der Waals surface area contributed by atoms with E-state index in [0.717, 1.165) is 12.0 Å². The Hall–Kier alpha value is -0.560. The van der Waals surface area contributed by atoms with Gasteiger partial charge in [0.1, 0.15) is 5.82 Å². The van der Waals surface area contributed by atoms with E-state index in [9.17, 15) is 4.39 Å². The maximum absolute atomic E-state index is 12.7. The highest BCUT2D eigenvalue weighted by molar-refractivity contribution is 6.31. The molecule has 78 valence electrons. The first-order valence-electron chi connectivity index (χ1n) is 5.07. The first kappa shape index (κ1) is 11.5. The van der Waals surface area contributed by atoms with Gasteiger partial charge in [0.2, 0.25) is 0 Å². The highest BCUT2D eigenvalue weighted by Crippen LogP contribution is 2.22. The van der Waals surface area contributed by atoms with Gasteiger partial charge in [0.05, 0.1) is 0 Å². The van der Waals surface area contributed by atoms with Crippen molar-refractivity contribution in [2.24, 2.45) is 5.92 Å². The molecule has 0 bridgehead atoms. The Morgan fingerprint density at radius 1 is 1.43 bits per heavy atom. The van der Waals surface area contributed by atoms with Crippen molar-refractivity contribution in [2.45, 2.75) is 33.1 Å². The van der Waals surface area contributed by atoms with Gasteiger partial charge >= 0.3 is 0 Å². The molecule has 1 aromatic rings. The van der Waals surface area contributed by atoms with Crippen molar-refractivity contribution in [3.8, 4) is 0 Å². The summed E-state index contributed by atoms with van der Waals surface area (Å²) in [6.07, 6.45) is 3.31. The molecule has 0 nitrogen and oxygen atoms in total. The molecule has 0 saturated carbocycles. The summed E-state index contributed by atoms with van der Waals surface area (Å²) >= 11 is 5.93. The van der Waals surface area contributed by atoms with E-state index >= 15 is 0 Å². The van der Waals surface area contributed by atoms with Gasteiger partial charge in [-0.05, 0) is 30.0 Å². The van der Waals surface area contributed by atoms with Crippen LogP contribution in [0.15, 0.2) is 18.2 Å². The van der Waals surface area contributed by atoms with Gasteiger partial charge in [-0.1, -0.05) is 44.4 Å². The molecule has 0 aliphatic carbocycles. The second-order valence-electron chi connectivity index (χ2n) is 3.83. The summed E-state index contributed by atoms with van der Waals surface area (Å²) in [5.74, 6) is 0.352. The van der Waals surface area contributed by atoms with E-state index in [1.165, 1.54) is 25.0 Å². The third kappa shape index (κ3) is 3.30. The average Bonchev–Trinajstić information content (AvgIpc) is 2.10. The van der Waals surface area contributed by atoms with Gasteiger partial charge in [-0.3, -0.25) is 0 Å². The normalized spacial score (nSPS) is 12.9. The molecule has 0 fully saturated rings. The minimum Gasteiger partial charge on any atom is -0.207 e. The summed E-state index contributed by atoms with van der Waals surface area (Å²) < 4.78 is 12.7. The zero-order valence-corrected chi connectivity index (χ0v) is 9.44. The molecule has 0 amide bonds. The molecular weight excluding hydrogens is 199 g/mol. The molecule has 1 rings (SSSR count). The zero-order valence-electron chi connectivity index (χ0n) is 8.69. The van der Waals surface area contributed by atoms with Gasteiger partial charge < -0.3 is 0 Å². The van der Waals surface area contributed by atoms with Crippen molar-refractivity contribution < 1.29 is 4.39 Å².